The van der Waals surface area contributed by atoms with Crippen LogP contribution in [0.3, 0.4) is 0 Å². The molecule has 0 bridgehead atoms. The van der Waals surface area contributed by atoms with Gasteiger partial charge in [0, 0.05) is 17.5 Å². The van der Waals surface area contributed by atoms with E-state index in [-0.39, 0.29) is 0 Å². The summed E-state index contributed by atoms with van der Waals surface area (Å²) in [6.45, 7) is 4.32. The molecule has 0 radical (unpaired) electrons. The van der Waals surface area contributed by atoms with Crippen molar-refractivity contribution in [3.8, 4) is 22.1 Å². The summed E-state index contributed by atoms with van der Waals surface area (Å²) in [4.78, 5) is 4.64. The third-order valence-corrected chi connectivity index (χ3v) is 3.84. The molecule has 0 aliphatic carbocycles. The lowest BCUT2D eigenvalue weighted by molar-refractivity contribution is 0.174. The molecule has 4 nitrogen and oxygen atoms in total. The second-order valence-corrected chi connectivity index (χ2v) is 5.25. The second kappa shape index (κ2) is 5.59. The number of hydrogen-bond acceptors (Lipinski definition) is 5. The Hall–Kier alpha value is -1.59. The van der Waals surface area contributed by atoms with Crippen molar-refractivity contribution in [3.05, 3.63) is 29.3 Å². The van der Waals surface area contributed by atoms with Crippen LogP contribution in [-0.4, -0.2) is 18.3 Å². The third kappa shape index (κ3) is 2.72. The number of nitrogens with one attached hydrogen (secondary N) is 1. The molecule has 1 aromatic heterocycles. The molecule has 0 atom stereocenters. The maximum atomic E-state index is 5.39. The molecule has 3 rings (SSSR count). The standard InChI is InChI=1S/C14H16N2O2S/c1-2-5-15-7-11-8-19-14(16-11)10-3-4-12-13(6-10)18-9-17-12/h3-4,6,8,15H,2,5,7,9H2,1H3. The topological polar surface area (TPSA) is 43.4 Å². The molecule has 1 aliphatic rings. The van der Waals surface area contributed by atoms with Gasteiger partial charge in [-0.3, -0.25) is 0 Å². The molecule has 0 saturated carbocycles. The van der Waals surface area contributed by atoms with Crippen LogP contribution in [-0.2, 0) is 6.54 Å². The number of rotatable bonds is 5. The summed E-state index contributed by atoms with van der Waals surface area (Å²) in [6, 6.07) is 5.95. The van der Waals surface area contributed by atoms with Crippen LogP contribution in [0.1, 0.15) is 19.0 Å². The Bertz CT molecular complexity index is 568. The summed E-state index contributed by atoms with van der Waals surface area (Å²) in [5.41, 5.74) is 2.17. The molecule has 0 fully saturated rings. The Labute approximate surface area is 116 Å². The van der Waals surface area contributed by atoms with Crippen LogP contribution in [0.2, 0.25) is 0 Å². The van der Waals surface area contributed by atoms with Crippen molar-refractivity contribution in [1.29, 1.82) is 0 Å². The van der Waals surface area contributed by atoms with Gasteiger partial charge in [-0.2, -0.15) is 0 Å². The van der Waals surface area contributed by atoms with E-state index in [1.807, 2.05) is 18.2 Å². The molecule has 0 amide bonds. The number of aromatic nitrogens is 1. The fourth-order valence-corrected chi connectivity index (χ4v) is 2.76. The summed E-state index contributed by atoms with van der Waals surface area (Å²) in [7, 11) is 0. The maximum absolute atomic E-state index is 5.39. The highest BCUT2D eigenvalue weighted by atomic mass is 32.1. The Morgan fingerprint density at radius 2 is 2.21 bits per heavy atom. The molecule has 0 saturated heterocycles. The zero-order valence-electron chi connectivity index (χ0n) is 10.8. The first-order valence-corrected chi connectivity index (χ1v) is 7.30. The molecule has 2 heterocycles. The van der Waals surface area contributed by atoms with Crippen LogP contribution in [0.4, 0.5) is 0 Å². The number of ether oxygens (including phenoxy) is 2. The fraction of sp³-hybridized carbons (Fsp3) is 0.357. The van der Waals surface area contributed by atoms with Gasteiger partial charge >= 0.3 is 0 Å². The molecular weight excluding hydrogens is 260 g/mol. The monoisotopic (exact) mass is 276 g/mol. The van der Waals surface area contributed by atoms with Gasteiger partial charge in [-0.05, 0) is 31.2 Å². The molecule has 1 N–H and O–H groups in total. The Morgan fingerprint density at radius 3 is 3.11 bits per heavy atom. The van der Waals surface area contributed by atoms with Gasteiger partial charge in [0.15, 0.2) is 11.5 Å². The number of benzene rings is 1. The molecule has 19 heavy (non-hydrogen) atoms. The van der Waals surface area contributed by atoms with Crippen molar-refractivity contribution in [2.24, 2.45) is 0 Å². The highest BCUT2D eigenvalue weighted by Crippen LogP contribution is 2.36. The van der Waals surface area contributed by atoms with Crippen LogP contribution in [0.15, 0.2) is 23.6 Å². The first-order chi connectivity index (χ1) is 9.36. The van der Waals surface area contributed by atoms with E-state index in [1.54, 1.807) is 11.3 Å². The number of nitrogens with zero attached hydrogens (tertiary/aromatic N) is 1. The lowest BCUT2D eigenvalue weighted by Crippen LogP contribution is -2.13. The second-order valence-electron chi connectivity index (χ2n) is 4.39. The largest absolute Gasteiger partial charge is 0.454 e. The first-order valence-electron chi connectivity index (χ1n) is 6.42. The van der Waals surface area contributed by atoms with Gasteiger partial charge in [0.05, 0.1) is 5.69 Å². The van der Waals surface area contributed by atoms with E-state index >= 15 is 0 Å². The summed E-state index contributed by atoms with van der Waals surface area (Å²) in [5.74, 6) is 1.61. The van der Waals surface area contributed by atoms with E-state index in [1.165, 1.54) is 0 Å². The van der Waals surface area contributed by atoms with Crippen molar-refractivity contribution in [2.75, 3.05) is 13.3 Å². The van der Waals surface area contributed by atoms with Gasteiger partial charge in [-0.25, -0.2) is 4.98 Å². The highest BCUT2D eigenvalue weighted by molar-refractivity contribution is 7.13. The molecule has 0 spiro atoms. The molecule has 1 aromatic carbocycles. The zero-order valence-corrected chi connectivity index (χ0v) is 11.6. The van der Waals surface area contributed by atoms with Crippen LogP contribution < -0.4 is 14.8 Å². The minimum atomic E-state index is 0.308. The summed E-state index contributed by atoms with van der Waals surface area (Å²) < 4.78 is 10.7. The molecule has 1 aliphatic heterocycles. The van der Waals surface area contributed by atoms with E-state index in [0.29, 0.717) is 6.79 Å². The minimum Gasteiger partial charge on any atom is -0.454 e. The Morgan fingerprint density at radius 1 is 1.32 bits per heavy atom. The lowest BCUT2D eigenvalue weighted by Gasteiger charge is -2.00. The average molecular weight is 276 g/mol. The van der Waals surface area contributed by atoms with Crippen LogP contribution >= 0.6 is 11.3 Å². The predicted molar refractivity (Wildman–Crippen MR) is 75.7 cm³/mol. The highest BCUT2D eigenvalue weighted by Gasteiger charge is 2.15. The van der Waals surface area contributed by atoms with Crippen molar-refractivity contribution in [2.45, 2.75) is 19.9 Å². The summed E-state index contributed by atoms with van der Waals surface area (Å²) >= 11 is 1.66. The number of hydrogen-bond donors (Lipinski definition) is 1. The fourth-order valence-electron chi connectivity index (χ4n) is 1.94. The van der Waals surface area contributed by atoms with Crippen molar-refractivity contribution in [3.63, 3.8) is 0 Å². The van der Waals surface area contributed by atoms with Crippen LogP contribution in [0.25, 0.3) is 10.6 Å². The van der Waals surface area contributed by atoms with Gasteiger partial charge in [0.25, 0.3) is 0 Å². The van der Waals surface area contributed by atoms with Crippen LogP contribution in [0.5, 0.6) is 11.5 Å². The molecule has 2 aromatic rings. The smallest absolute Gasteiger partial charge is 0.231 e. The van der Waals surface area contributed by atoms with Gasteiger partial charge in [-0.1, -0.05) is 6.92 Å². The van der Waals surface area contributed by atoms with Gasteiger partial charge < -0.3 is 14.8 Å². The van der Waals surface area contributed by atoms with Crippen molar-refractivity contribution in [1.82, 2.24) is 10.3 Å². The van der Waals surface area contributed by atoms with Gasteiger partial charge in [0.1, 0.15) is 5.01 Å². The SMILES string of the molecule is CCCNCc1csc(-c2ccc3c(c2)OCO3)n1. The van der Waals surface area contributed by atoms with Crippen molar-refractivity contribution < 1.29 is 9.47 Å². The van der Waals surface area contributed by atoms with Gasteiger partial charge in [0.2, 0.25) is 6.79 Å². The Kier molecular flexibility index (Phi) is 3.66. The van der Waals surface area contributed by atoms with E-state index < -0.39 is 0 Å². The third-order valence-electron chi connectivity index (χ3n) is 2.90. The minimum absolute atomic E-state index is 0.308. The Balaban J connectivity index is 1.75. The molecule has 5 heteroatoms. The maximum Gasteiger partial charge on any atom is 0.231 e. The molecule has 0 unspecified atom stereocenters. The predicted octanol–water partition coefficient (Wildman–Crippen LogP) is 3.04. The normalized spacial score (nSPS) is 12.9. The van der Waals surface area contributed by atoms with Crippen molar-refractivity contribution >= 4 is 11.3 Å². The first kappa shape index (κ1) is 12.4. The zero-order chi connectivity index (χ0) is 13.1. The van der Waals surface area contributed by atoms with Gasteiger partial charge in [-0.15, -0.1) is 11.3 Å². The van der Waals surface area contributed by atoms with Crippen LogP contribution in [0, 0.1) is 0 Å². The van der Waals surface area contributed by atoms with E-state index in [2.05, 4.69) is 22.6 Å². The average Bonchev–Trinajstić information content (AvgIpc) is 3.06. The van der Waals surface area contributed by atoms with E-state index in [9.17, 15) is 0 Å². The van der Waals surface area contributed by atoms with E-state index in [4.69, 9.17) is 9.47 Å². The quantitative estimate of drug-likeness (QED) is 0.852. The summed E-state index contributed by atoms with van der Waals surface area (Å²) in [6.07, 6.45) is 1.14. The summed E-state index contributed by atoms with van der Waals surface area (Å²) in [5, 5.41) is 6.48. The molecule has 100 valence electrons. The lowest BCUT2D eigenvalue weighted by atomic mass is 10.2. The molecular formula is C14H16N2O2S. The number of fused-ring (bicyclic) bond motifs is 1. The number of thiazole rings is 1. The van der Waals surface area contributed by atoms with E-state index in [0.717, 1.165) is 47.3 Å².